The number of para-hydroxylation sites is 1. The Kier molecular flexibility index (Phi) is 3.75. The number of nitrogens with two attached hydrogens (primary N) is 1. The van der Waals surface area contributed by atoms with Crippen LogP contribution in [0.2, 0.25) is 0 Å². The van der Waals surface area contributed by atoms with Crippen LogP contribution < -0.4 is 10.6 Å². The van der Waals surface area contributed by atoms with Gasteiger partial charge in [0.05, 0.1) is 10.2 Å². The van der Waals surface area contributed by atoms with Crippen molar-refractivity contribution in [3.05, 3.63) is 47.6 Å². The second kappa shape index (κ2) is 5.69. The fraction of sp³-hybridized carbons (Fsp3) is 0.250. The number of anilines is 2. The summed E-state index contributed by atoms with van der Waals surface area (Å²) in [7, 11) is 0. The molecule has 0 radical (unpaired) electrons. The maximum atomic E-state index is 6.08. The molecule has 0 amide bonds. The Labute approximate surface area is 128 Å². The van der Waals surface area contributed by atoms with Crippen molar-refractivity contribution in [2.75, 3.05) is 10.6 Å². The molecule has 2 heterocycles. The van der Waals surface area contributed by atoms with Crippen LogP contribution in [0.3, 0.4) is 0 Å². The van der Waals surface area contributed by atoms with E-state index < -0.39 is 0 Å². The Morgan fingerprint density at radius 1 is 1.19 bits per heavy atom. The molecule has 3 rings (SSSR count). The van der Waals surface area contributed by atoms with Gasteiger partial charge in [0.15, 0.2) is 5.82 Å². The van der Waals surface area contributed by atoms with Gasteiger partial charge in [-0.05, 0) is 36.9 Å². The summed E-state index contributed by atoms with van der Waals surface area (Å²) in [5, 5.41) is 2.05. The molecule has 0 fully saturated rings. The van der Waals surface area contributed by atoms with E-state index in [-0.39, 0.29) is 0 Å². The Balaban J connectivity index is 2.03. The SMILES string of the molecule is CC(C)N(Cc1ccccc1N)c1ncnc2ccsc12. The van der Waals surface area contributed by atoms with E-state index in [0.29, 0.717) is 6.04 Å². The van der Waals surface area contributed by atoms with Crippen LogP contribution in [0.4, 0.5) is 11.5 Å². The molecular formula is C16H18N4S. The number of hydrogen-bond donors (Lipinski definition) is 1. The molecule has 108 valence electrons. The molecule has 0 spiro atoms. The molecule has 0 saturated heterocycles. The molecule has 2 aromatic heterocycles. The summed E-state index contributed by atoms with van der Waals surface area (Å²) in [6.07, 6.45) is 1.63. The molecule has 2 N–H and O–H groups in total. The highest BCUT2D eigenvalue weighted by atomic mass is 32.1. The molecule has 0 bridgehead atoms. The third-order valence-corrected chi connectivity index (χ3v) is 4.42. The minimum absolute atomic E-state index is 0.324. The second-order valence-electron chi connectivity index (χ2n) is 5.25. The van der Waals surface area contributed by atoms with Gasteiger partial charge in [0, 0.05) is 18.3 Å². The van der Waals surface area contributed by atoms with Crippen LogP contribution in [0.5, 0.6) is 0 Å². The molecule has 0 aliphatic carbocycles. The summed E-state index contributed by atoms with van der Waals surface area (Å²) in [6.45, 7) is 5.08. The fourth-order valence-corrected chi connectivity index (χ4v) is 3.19. The van der Waals surface area contributed by atoms with E-state index in [1.165, 1.54) is 0 Å². The van der Waals surface area contributed by atoms with Crippen molar-refractivity contribution >= 4 is 33.1 Å². The first-order chi connectivity index (χ1) is 10.2. The molecule has 3 aromatic rings. The predicted octanol–water partition coefficient (Wildman–Crippen LogP) is 3.69. The first-order valence-corrected chi connectivity index (χ1v) is 7.83. The minimum Gasteiger partial charge on any atom is -0.398 e. The maximum absolute atomic E-state index is 6.08. The van der Waals surface area contributed by atoms with Crippen molar-refractivity contribution in [1.82, 2.24) is 9.97 Å². The van der Waals surface area contributed by atoms with Crippen LogP contribution in [-0.2, 0) is 6.54 Å². The normalized spacial score (nSPS) is 11.2. The van der Waals surface area contributed by atoms with Gasteiger partial charge in [-0.1, -0.05) is 18.2 Å². The van der Waals surface area contributed by atoms with Gasteiger partial charge in [-0.2, -0.15) is 0 Å². The quantitative estimate of drug-likeness (QED) is 0.746. The Morgan fingerprint density at radius 3 is 2.76 bits per heavy atom. The minimum atomic E-state index is 0.324. The van der Waals surface area contributed by atoms with Crippen LogP contribution in [-0.4, -0.2) is 16.0 Å². The maximum Gasteiger partial charge on any atom is 0.150 e. The Hall–Kier alpha value is -2.14. The molecule has 21 heavy (non-hydrogen) atoms. The van der Waals surface area contributed by atoms with Gasteiger partial charge in [0.25, 0.3) is 0 Å². The number of rotatable bonds is 4. The standard InChI is InChI=1S/C16H18N4S/c1-11(2)20(9-12-5-3-4-6-13(12)17)16-15-14(7-8-21-15)18-10-19-16/h3-8,10-11H,9,17H2,1-2H3. The van der Waals surface area contributed by atoms with Gasteiger partial charge in [0.1, 0.15) is 6.33 Å². The van der Waals surface area contributed by atoms with Crippen molar-refractivity contribution in [2.45, 2.75) is 26.4 Å². The molecule has 5 heteroatoms. The Morgan fingerprint density at radius 2 is 2.00 bits per heavy atom. The van der Waals surface area contributed by atoms with Gasteiger partial charge in [-0.15, -0.1) is 11.3 Å². The summed E-state index contributed by atoms with van der Waals surface area (Å²) in [5.74, 6) is 0.980. The number of fused-ring (bicyclic) bond motifs is 1. The van der Waals surface area contributed by atoms with Crippen LogP contribution >= 0.6 is 11.3 Å². The molecule has 4 nitrogen and oxygen atoms in total. The van der Waals surface area contributed by atoms with E-state index >= 15 is 0 Å². The fourth-order valence-electron chi connectivity index (χ4n) is 2.34. The summed E-state index contributed by atoms with van der Waals surface area (Å²) >= 11 is 1.68. The Bertz CT molecular complexity index is 751. The topological polar surface area (TPSA) is 55.0 Å². The number of aromatic nitrogens is 2. The zero-order chi connectivity index (χ0) is 14.8. The van der Waals surface area contributed by atoms with E-state index in [4.69, 9.17) is 5.73 Å². The van der Waals surface area contributed by atoms with Gasteiger partial charge in [-0.3, -0.25) is 0 Å². The number of thiophene rings is 1. The highest BCUT2D eigenvalue weighted by Gasteiger charge is 2.17. The lowest BCUT2D eigenvalue weighted by Crippen LogP contribution is -2.31. The average molecular weight is 298 g/mol. The van der Waals surface area contributed by atoms with E-state index in [0.717, 1.165) is 33.8 Å². The van der Waals surface area contributed by atoms with Crippen LogP contribution in [0.1, 0.15) is 19.4 Å². The number of nitrogens with zero attached hydrogens (tertiary/aromatic N) is 3. The zero-order valence-electron chi connectivity index (χ0n) is 12.2. The molecule has 0 saturated carbocycles. The van der Waals surface area contributed by atoms with Crippen LogP contribution in [0, 0.1) is 0 Å². The number of hydrogen-bond acceptors (Lipinski definition) is 5. The zero-order valence-corrected chi connectivity index (χ0v) is 13.0. The lowest BCUT2D eigenvalue weighted by molar-refractivity contribution is 0.676. The van der Waals surface area contributed by atoms with E-state index in [2.05, 4.69) is 40.2 Å². The van der Waals surface area contributed by atoms with Gasteiger partial charge >= 0.3 is 0 Å². The monoisotopic (exact) mass is 298 g/mol. The molecule has 0 atom stereocenters. The highest BCUT2D eigenvalue weighted by molar-refractivity contribution is 7.17. The molecular weight excluding hydrogens is 280 g/mol. The summed E-state index contributed by atoms with van der Waals surface area (Å²) in [4.78, 5) is 11.1. The van der Waals surface area contributed by atoms with Crippen molar-refractivity contribution in [3.63, 3.8) is 0 Å². The van der Waals surface area contributed by atoms with E-state index in [1.807, 2.05) is 24.3 Å². The predicted molar refractivity (Wildman–Crippen MR) is 89.6 cm³/mol. The second-order valence-corrected chi connectivity index (χ2v) is 6.17. The number of nitrogen functional groups attached to an aromatic ring is 1. The largest absolute Gasteiger partial charge is 0.398 e. The van der Waals surface area contributed by atoms with Gasteiger partial charge < -0.3 is 10.6 Å². The first-order valence-electron chi connectivity index (χ1n) is 6.95. The molecule has 1 aromatic carbocycles. The van der Waals surface area contributed by atoms with E-state index in [9.17, 15) is 0 Å². The van der Waals surface area contributed by atoms with Crippen molar-refractivity contribution in [1.29, 1.82) is 0 Å². The lowest BCUT2D eigenvalue weighted by atomic mass is 10.1. The summed E-state index contributed by atoms with van der Waals surface area (Å²) in [6, 6.07) is 10.3. The summed E-state index contributed by atoms with van der Waals surface area (Å²) < 4.78 is 1.13. The molecule has 0 aliphatic heterocycles. The number of benzene rings is 1. The summed E-state index contributed by atoms with van der Waals surface area (Å²) in [5.41, 5.74) is 9.02. The first kappa shape index (κ1) is 13.8. The van der Waals surface area contributed by atoms with Gasteiger partial charge in [-0.25, -0.2) is 9.97 Å². The average Bonchev–Trinajstić information content (AvgIpc) is 2.94. The third kappa shape index (κ3) is 2.69. The van der Waals surface area contributed by atoms with Crippen molar-refractivity contribution < 1.29 is 0 Å². The van der Waals surface area contributed by atoms with Gasteiger partial charge in [0.2, 0.25) is 0 Å². The highest BCUT2D eigenvalue weighted by Crippen LogP contribution is 2.30. The third-order valence-electron chi connectivity index (χ3n) is 3.52. The molecule has 0 unspecified atom stereocenters. The van der Waals surface area contributed by atoms with E-state index in [1.54, 1.807) is 17.7 Å². The lowest BCUT2D eigenvalue weighted by Gasteiger charge is -2.28. The smallest absolute Gasteiger partial charge is 0.150 e. The van der Waals surface area contributed by atoms with Crippen LogP contribution in [0.15, 0.2) is 42.0 Å². The van der Waals surface area contributed by atoms with Crippen molar-refractivity contribution in [3.8, 4) is 0 Å². The van der Waals surface area contributed by atoms with Crippen LogP contribution in [0.25, 0.3) is 10.2 Å². The molecule has 0 aliphatic rings. The van der Waals surface area contributed by atoms with Crippen molar-refractivity contribution in [2.24, 2.45) is 0 Å².